The third-order valence-corrected chi connectivity index (χ3v) is 5.78. The van der Waals surface area contributed by atoms with Crippen molar-refractivity contribution in [3.8, 4) is 0 Å². The number of hydrogen-bond acceptors (Lipinski definition) is 5. The summed E-state index contributed by atoms with van der Waals surface area (Å²) in [5.41, 5.74) is 7.71. The van der Waals surface area contributed by atoms with Gasteiger partial charge in [0.05, 0.1) is 11.6 Å². The highest BCUT2D eigenvalue weighted by Crippen LogP contribution is 2.32. The number of carbonyl (C=O) groups excluding carboxylic acids is 1. The minimum absolute atomic E-state index is 0.154. The number of rotatable bonds is 3. The molecule has 3 atom stereocenters. The van der Waals surface area contributed by atoms with Crippen molar-refractivity contribution in [2.75, 3.05) is 32.7 Å². The number of hydrazine groups is 1. The predicted molar refractivity (Wildman–Crippen MR) is 91.9 cm³/mol. The molecule has 6 nitrogen and oxygen atoms in total. The molecule has 130 valence electrons. The van der Waals surface area contributed by atoms with Gasteiger partial charge in [0, 0.05) is 51.5 Å². The Morgan fingerprint density at radius 3 is 2.88 bits per heavy atom. The maximum Gasteiger partial charge on any atom is 0.227 e. The lowest BCUT2D eigenvalue weighted by molar-refractivity contribution is -0.139. The highest BCUT2D eigenvalue weighted by atomic mass is 16.2. The summed E-state index contributed by atoms with van der Waals surface area (Å²) in [6.07, 6.45) is 5.30. The molecule has 0 aromatic carbocycles. The van der Waals surface area contributed by atoms with Gasteiger partial charge < -0.3 is 4.90 Å². The van der Waals surface area contributed by atoms with Crippen LogP contribution in [0, 0.1) is 11.8 Å². The SMILES string of the molecule is O=C(C1CCCC2CNNC21)N1CCN(Cc2ccccn2)CC1. The fraction of sp³-hybridized carbons (Fsp3) is 0.667. The van der Waals surface area contributed by atoms with Crippen molar-refractivity contribution >= 4 is 5.91 Å². The number of pyridine rings is 1. The van der Waals surface area contributed by atoms with Gasteiger partial charge >= 0.3 is 0 Å². The van der Waals surface area contributed by atoms with Crippen LogP contribution in [-0.2, 0) is 11.3 Å². The van der Waals surface area contributed by atoms with E-state index in [2.05, 4.69) is 31.7 Å². The third kappa shape index (κ3) is 3.31. The fourth-order valence-electron chi connectivity index (χ4n) is 4.40. The van der Waals surface area contributed by atoms with Crippen LogP contribution in [0.25, 0.3) is 0 Å². The molecular weight excluding hydrogens is 302 g/mol. The minimum Gasteiger partial charge on any atom is -0.340 e. The maximum absolute atomic E-state index is 13.0. The van der Waals surface area contributed by atoms with Crippen LogP contribution < -0.4 is 10.9 Å². The van der Waals surface area contributed by atoms with Gasteiger partial charge in [-0.2, -0.15) is 0 Å². The lowest BCUT2D eigenvalue weighted by Crippen LogP contribution is -2.54. The molecule has 1 amide bonds. The minimum atomic E-state index is 0.154. The van der Waals surface area contributed by atoms with Crippen LogP contribution in [0.2, 0.25) is 0 Å². The second kappa shape index (κ2) is 7.17. The van der Waals surface area contributed by atoms with Crippen molar-refractivity contribution < 1.29 is 4.79 Å². The first kappa shape index (κ1) is 16.0. The zero-order valence-corrected chi connectivity index (χ0v) is 14.2. The van der Waals surface area contributed by atoms with Crippen molar-refractivity contribution in [3.63, 3.8) is 0 Å². The van der Waals surface area contributed by atoms with E-state index >= 15 is 0 Å². The molecule has 24 heavy (non-hydrogen) atoms. The van der Waals surface area contributed by atoms with E-state index in [-0.39, 0.29) is 5.92 Å². The van der Waals surface area contributed by atoms with Gasteiger partial charge in [-0.3, -0.25) is 25.5 Å². The molecule has 3 fully saturated rings. The molecule has 1 aromatic rings. The molecule has 3 heterocycles. The normalized spacial score (nSPS) is 31.0. The Hall–Kier alpha value is -1.50. The van der Waals surface area contributed by atoms with Gasteiger partial charge in [-0.25, -0.2) is 0 Å². The Labute approximate surface area is 143 Å². The highest BCUT2D eigenvalue weighted by molar-refractivity contribution is 5.80. The summed E-state index contributed by atoms with van der Waals surface area (Å²) in [7, 11) is 0. The third-order valence-electron chi connectivity index (χ3n) is 5.78. The lowest BCUT2D eigenvalue weighted by Gasteiger charge is -2.39. The summed E-state index contributed by atoms with van der Waals surface area (Å²) in [6, 6.07) is 6.38. The largest absolute Gasteiger partial charge is 0.340 e. The average molecular weight is 329 g/mol. The van der Waals surface area contributed by atoms with E-state index < -0.39 is 0 Å². The second-order valence-corrected chi connectivity index (χ2v) is 7.27. The van der Waals surface area contributed by atoms with Gasteiger partial charge in [0.15, 0.2) is 0 Å². The summed E-state index contributed by atoms with van der Waals surface area (Å²) in [6.45, 7) is 5.44. The summed E-state index contributed by atoms with van der Waals surface area (Å²) in [4.78, 5) is 21.9. The molecular formula is C18H27N5O. The molecule has 3 unspecified atom stereocenters. The van der Waals surface area contributed by atoms with Crippen molar-refractivity contribution in [1.29, 1.82) is 0 Å². The molecule has 1 aromatic heterocycles. The van der Waals surface area contributed by atoms with E-state index in [1.54, 1.807) is 0 Å². The summed E-state index contributed by atoms with van der Waals surface area (Å²) in [5.74, 6) is 1.14. The average Bonchev–Trinajstić information content (AvgIpc) is 3.11. The van der Waals surface area contributed by atoms with Gasteiger partial charge in [0.2, 0.25) is 5.91 Å². The van der Waals surface area contributed by atoms with E-state index in [0.717, 1.165) is 51.4 Å². The molecule has 0 bridgehead atoms. The number of aromatic nitrogens is 1. The topological polar surface area (TPSA) is 60.5 Å². The first-order chi connectivity index (χ1) is 11.8. The predicted octanol–water partition coefficient (Wildman–Crippen LogP) is 0.619. The Balaban J connectivity index is 1.31. The summed E-state index contributed by atoms with van der Waals surface area (Å²) in [5, 5.41) is 0. The Morgan fingerprint density at radius 2 is 2.08 bits per heavy atom. The van der Waals surface area contributed by atoms with Crippen LogP contribution in [0.5, 0.6) is 0 Å². The fourth-order valence-corrected chi connectivity index (χ4v) is 4.40. The highest BCUT2D eigenvalue weighted by Gasteiger charge is 2.41. The number of carbonyl (C=O) groups is 1. The molecule has 3 aliphatic rings. The number of nitrogens with one attached hydrogen (secondary N) is 2. The second-order valence-electron chi connectivity index (χ2n) is 7.27. The zero-order valence-electron chi connectivity index (χ0n) is 14.2. The first-order valence-corrected chi connectivity index (χ1v) is 9.21. The van der Waals surface area contributed by atoms with E-state index in [0.29, 0.717) is 17.9 Å². The van der Waals surface area contributed by atoms with Crippen LogP contribution >= 0.6 is 0 Å². The number of fused-ring (bicyclic) bond motifs is 1. The van der Waals surface area contributed by atoms with E-state index in [9.17, 15) is 4.79 Å². The van der Waals surface area contributed by atoms with Gasteiger partial charge in [0.1, 0.15) is 0 Å². The number of nitrogens with zero attached hydrogens (tertiary/aromatic N) is 3. The Bertz CT molecular complexity index is 558. The monoisotopic (exact) mass is 329 g/mol. The van der Waals surface area contributed by atoms with E-state index in [4.69, 9.17) is 0 Å². The molecule has 2 N–H and O–H groups in total. The lowest BCUT2D eigenvalue weighted by atomic mass is 9.77. The van der Waals surface area contributed by atoms with Crippen molar-refractivity contribution in [2.45, 2.75) is 31.8 Å². The molecule has 4 rings (SSSR count). The Kier molecular flexibility index (Phi) is 4.78. The van der Waals surface area contributed by atoms with Gasteiger partial charge in [-0.15, -0.1) is 0 Å². The molecule has 0 radical (unpaired) electrons. The number of piperazine rings is 1. The summed E-state index contributed by atoms with van der Waals surface area (Å²) >= 11 is 0. The van der Waals surface area contributed by atoms with Crippen LogP contribution in [0.1, 0.15) is 25.0 Å². The molecule has 0 spiro atoms. The summed E-state index contributed by atoms with van der Waals surface area (Å²) < 4.78 is 0. The van der Waals surface area contributed by atoms with E-state index in [1.165, 1.54) is 12.8 Å². The Morgan fingerprint density at radius 1 is 1.21 bits per heavy atom. The van der Waals surface area contributed by atoms with Crippen LogP contribution in [0.4, 0.5) is 0 Å². The smallest absolute Gasteiger partial charge is 0.227 e. The van der Waals surface area contributed by atoms with Gasteiger partial charge in [-0.05, 0) is 30.9 Å². The van der Waals surface area contributed by atoms with Crippen LogP contribution in [0.3, 0.4) is 0 Å². The molecule has 2 saturated heterocycles. The van der Waals surface area contributed by atoms with Crippen molar-refractivity contribution in [2.24, 2.45) is 11.8 Å². The quantitative estimate of drug-likeness (QED) is 0.851. The van der Waals surface area contributed by atoms with Crippen LogP contribution in [0.15, 0.2) is 24.4 Å². The van der Waals surface area contributed by atoms with Crippen LogP contribution in [-0.4, -0.2) is 59.5 Å². The maximum atomic E-state index is 13.0. The molecule has 1 aliphatic carbocycles. The van der Waals surface area contributed by atoms with Gasteiger partial charge in [0.25, 0.3) is 0 Å². The number of hydrogen-bond donors (Lipinski definition) is 2. The van der Waals surface area contributed by atoms with Gasteiger partial charge in [-0.1, -0.05) is 12.5 Å². The van der Waals surface area contributed by atoms with Crippen molar-refractivity contribution in [1.82, 2.24) is 25.6 Å². The van der Waals surface area contributed by atoms with E-state index in [1.807, 2.05) is 18.3 Å². The number of amides is 1. The molecule has 6 heteroatoms. The molecule has 2 aliphatic heterocycles. The van der Waals surface area contributed by atoms with Crippen molar-refractivity contribution in [3.05, 3.63) is 30.1 Å². The standard InChI is InChI=1S/C18H27N5O/c24-18(16-6-3-4-14-12-20-21-17(14)16)23-10-8-22(9-11-23)13-15-5-1-2-7-19-15/h1-2,5,7,14,16-17,20-21H,3-4,6,8-13H2. The first-order valence-electron chi connectivity index (χ1n) is 9.21. The zero-order chi connectivity index (χ0) is 16.4. The molecule has 1 saturated carbocycles.